The van der Waals surface area contributed by atoms with Crippen LogP contribution in [0.5, 0.6) is 0 Å². The lowest BCUT2D eigenvalue weighted by atomic mass is 10.3. The highest BCUT2D eigenvalue weighted by Gasteiger charge is 2.13. The summed E-state index contributed by atoms with van der Waals surface area (Å²) in [5.41, 5.74) is 0. The van der Waals surface area contributed by atoms with Gasteiger partial charge in [-0.25, -0.2) is 0 Å². The fourth-order valence-electron chi connectivity index (χ4n) is 0.799. The van der Waals surface area contributed by atoms with E-state index in [2.05, 4.69) is 37.2 Å². The summed E-state index contributed by atoms with van der Waals surface area (Å²) < 4.78 is 1.75. The molecule has 0 aliphatic heterocycles. The van der Waals surface area contributed by atoms with E-state index in [-0.39, 0.29) is 18.6 Å². The van der Waals surface area contributed by atoms with E-state index >= 15 is 0 Å². The van der Waals surface area contributed by atoms with Crippen molar-refractivity contribution < 1.29 is 9.90 Å². The number of thiophene rings is 1. The average molecular weight is 343 g/mol. The van der Waals surface area contributed by atoms with Crippen LogP contribution in [-0.4, -0.2) is 23.7 Å². The molecule has 0 spiro atoms. The second kappa shape index (κ2) is 5.25. The van der Waals surface area contributed by atoms with Gasteiger partial charge in [-0.1, -0.05) is 0 Å². The molecule has 1 heterocycles. The zero-order chi connectivity index (χ0) is 10.7. The van der Waals surface area contributed by atoms with Gasteiger partial charge in [-0.05, 0) is 44.8 Å². The van der Waals surface area contributed by atoms with E-state index in [1.54, 1.807) is 13.0 Å². The van der Waals surface area contributed by atoms with E-state index in [0.717, 1.165) is 8.26 Å². The van der Waals surface area contributed by atoms with E-state index in [4.69, 9.17) is 5.11 Å². The highest BCUT2D eigenvalue weighted by atomic mass is 79.9. The van der Waals surface area contributed by atoms with Crippen molar-refractivity contribution in [2.24, 2.45) is 0 Å². The predicted octanol–water partition coefficient (Wildman–Crippen LogP) is 2.38. The van der Waals surface area contributed by atoms with Gasteiger partial charge >= 0.3 is 0 Å². The summed E-state index contributed by atoms with van der Waals surface area (Å²) in [4.78, 5) is 12.1. The molecule has 1 atom stereocenters. The van der Waals surface area contributed by atoms with E-state index in [0.29, 0.717) is 4.88 Å². The number of amides is 1. The van der Waals surface area contributed by atoms with Crippen LogP contribution in [0.4, 0.5) is 0 Å². The minimum atomic E-state index is -0.220. The number of hydrogen-bond acceptors (Lipinski definition) is 3. The van der Waals surface area contributed by atoms with Gasteiger partial charge in [-0.15, -0.1) is 11.3 Å². The van der Waals surface area contributed by atoms with Crippen molar-refractivity contribution in [2.45, 2.75) is 13.0 Å². The number of halogens is 2. The molecule has 1 aromatic heterocycles. The molecular weight excluding hydrogens is 334 g/mol. The molecule has 6 heteroatoms. The molecule has 1 aromatic rings. The van der Waals surface area contributed by atoms with E-state index < -0.39 is 0 Å². The molecule has 14 heavy (non-hydrogen) atoms. The number of rotatable bonds is 3. The molecule has 1 unspecified atom stereocenters. The molecule has 0 aliphatic carbocycles. The predicted molar refractivity (Wildman–Crippen MR) is 63.7 cm³/mol. The molecular formula is C8H9Br2NO2S. The Hall–Kier alpha value is 0.0900. The summed E-state index contributed by atoms with van der Waals surface area (Å²) in [6.07, 6.45) is 0. The van der Waals surface area contributed by atoms with Crippen molar-refractivity contribution in [2.75, 3.05) is 6.61 Å². The molecule has 0 aromatic carbocycles. The Bertz CT molecular complexity index is 321. The standard InChI is InChI=1S/C8H9Br2NO2S/c1-4(3-12)11-8(13)6-2-5(9)7(10)14-6/h2,4,12H,3H2,1H3,(H,11,13). The molecule has 0 bridgehead atoms. The van der Waals surface area contributed by atoms with Crippen LogP contribution in [0, 0.1) is 0 Å². The minimum Gasteiger partial charge on any atom is -0.394 e. The summed E-state index contributed by atoms with van der Waals surface area (Å²) in [6, 6.07) is 1.52. The maximum absolute atomic E-state index is 11.5. The number of aliphatic hydroxyl groups excluding tert-OH is 1. The highest BCUT2D eigenvalue weighted by Crippen LogP contribution is 2.32. The van der Waals surface area contributed by atoms with Gasteiger partial charge in [-0.2, -0.15) is 0 Å². The molecule has 0 fully saturated rings. The third-order valence-corrected chi connectivity index (χ3v) is 4.78. The van der Waals surface area contributed by atoms with Crippen LogP contribution >= 0.6 is 43.2 Å². The SMILES string of the molecule is CC(CO)NC(=O)c1cc(Br)c(Br)s1. The van der Waals surface area contributed by atoms with Crippen molar-refractivity contribution >= 4 is 49.1 Å². The van der Waals surface area contributed by atoms with Crippen molar-refractivity contribution in [3.63, 3.8) is 0 Å². The number of nitrogens with one attached hydrogen (secondary N) is 1. The molecule has 1 rings (SSSR count). The lowest BCUT2D eigenvalue weighted by Crippen LogP contribution is -2.34. The molecule has 1 amide bonds. The minimum absolute atomic E-state index is 0.0561. The zero-order valence-electron chi connectivity index (χ0n) is 7.38. The molecule has 78 valence electrons. The third-order valence-electron chi connectivity index (χ3n) is 1.52. The molecule has 0 saturated heterocycles. The maximum Gasteiger partial charge on any atom is 0.261 e. The zero-order valence-corrected chi connectivity index (χ0v) is 11.4. The Morgan fingerprint density at radius 3 is 2.79 bits per heavy atom. The van der Waals surface area contributed by atoms with Crippen LogP contribution in [0.3, 0.4) is 0 Å². The topological polar surface area (TPSA) is 49.3 Å². The lowest BCUT2D eigenvalue weighted by Gasteiger charge is -2.08. The quantitative estimate of drug-likeness (QED) is 0.886. The molecule has 0 aliphatic rings. The van der Waals surface area contributed by atoms with Crippen molar-refractivity contribution in [1.29, 1.82) is 0 Å². The van der Waals surface area contributed by atoms with Gasteiger partial charge in [0.2, 0.25) is 0 Å². The molecule has 0 radical (unpaired) electrons. The smallest absolute Gasteiger partial charge is 0.261 e. The Morgan fingerprint density at radius 2 is 2.36 bits per heavy atom. The normalized spacial score (nSPS) is 12.6. The Morgan fingerprint density at radius 1 is 1.71 bits per heavy atom. The first-order chi connectivity index (χ1) is 6.54. The van der Waals surface area contributed by atoms with Gasteiger partial charge in [0.05, 0.1) is 15.3 Å². The second-order valence-electron chi connectivity index (χ2n) is 2.79. The first-order valence-electron chi connectivity index (χ1n) is 3.91. The molecule has 0 saturated carbocycles. The average Bonchev–Trinajstić information content (AvgIpc) is 2.47. The van der Waals surface area contributed by atoms with E-state index in [1.807, 2.05) is 0 Å². The van der Waals surface area contributed by atoms with Crippen molar-refractivity contribution in [3.8, 4) is 0 Å². The summed E-state index contributed by atoms with van der Waals surface area (Å²) in [5, 5.41) is 11.4. The Balaban J connectivity index is 2.70. The van der Waals surface area contributed by atoms with Gasteiger partial charge in [0.25, 0.3) is 5.91 Å². The summed E-state index contributed by atoms with van der Waals surface area (Å²) in [7, 11) is 0. The fourth-order valence-corrected chi connectivity index (χ4v) is 2.74. The summed E-state index contributed by atoms with van der Waals surface area (Å²) in [5.74, 6) is -0.164. The van der Waals surface area contributed by atoms with Crippen LogP contribution in [0.2, 0.25) is 0 Å². The third kappa shape index (κ3) is 3.05. The van der Waals surface area contributed by atoms with Crippen LogP contribution < -0.4 is 5.32 Å². The first kappa shape index (κ1) is 12.2. The summed E-state index contributed by atoms with van der Waals surface area (Å²) >= 11 is 7.96. The number of hydrogen-bond donors (Lipinski definition) is 2. The summed E-state index contributed by atoms with van der Waals surface area (Å²) in [6.45, 7) is 1.69. The second-order valence-corrected chi connectivity index (χ2v) is 6.01. The number of carbonyl (C=O) groups is 1. The largest absolute Gasteiger partial charge is 0.394 e. The van der Waals surface area contributed by atoms with Crippen LogP contribution in [-0.2, 0) is 0 Å². The van der Waals surface area contributed by atoms with Gasteiger partial charge in [-0.3, -0.25) is 4.79 Å². The first-order valence-corrected chi connectivity index (χ1v) is 6.31. The molecule has 2 N–H and O–H groups in total. The Kier molecular flexibility index (Phi) is 4.56. The van der Waals surface area contributed by atoms with Gasteiger partial charge in [0.15, 0.2) is 0 Å². The van der Waals surface area contributed by atoms with Crippen LogP contribution in [0.15, 0.2) is 14.3 Å². The monoisotopic (exact) mass is 341 g/mol. The fraction of sp³-hybridized carbons (Fsp3) is 0.375. The maximum atomic E-state index is 11.5. The van der Waals surface area contributed by atoms with E-state index in [1.165, 1.54) is 11.3 Å². The van der Waals surface area contributed by atoms with Crippen LogP contribution in [0.1, 0.15) is 16.6 Å². The van der Waals surface area contributed by atoms with Gasteiger partial charge < -0.3 is 10.4 Å². The number of carbonyl (C=O) groups excluding carboxylic acids is 1. The van der Waals surface area contributed by atoms with Crippen LogP contribution in [0.25, 0.3) is 0 Å². The van der Waals surface area contributed by atoms with Gasteiger partial charge in [0.1, 0.15) is 0 Å². The van der Waals surface area contributed by atoms with Crippen molar-refractivity contribution in [3.05, 3.63) is 19.2 Å². The lowest BCUT2D eigenvalue weighted by molar-refractivity contribution is 0.0926. The number of aliphatic hydroxyl groups is 1. The van der Waals surface area contributed by atoms with Crippen molar-refractivity contribution in [1.82, 2.24) is 5.32 Å². The van der Waals surface area contributed by atoms with Gasteiger partial charge in [0, 0.05) is 10.5 Å². The Labute approximate surface area is 103 Å². The highest BCUT2D eigenvalue weighted by molar-refractivity contribution is 9.13. The molecule has 3 nitrogen and oxygen atoms in total. The van der Waals surface area contributed by atoms with E-state index in [9.17, 15) is 4.79 Å².